The molecular weight excluding hydrogens is 311 g/mol. The highest BCUT2D eigenvalue weighted by atomic mass is 35.5. The SMILES string of the molecule is CN(Cc1ccc(Cl)c(F)c1)C(=O)C(=O)Nc1ccnn1C. The maximum Gasteiger partial charge on any atom is 0.315 e. The summed E-state index contributed by atoms with van der Waals surface area (Å²) in [5, 5.41) is 6.34. The predicted molar refractivity (Wildman–Crippen MR) is 79.7 cm³/mol. The molecule has 22 heavy (non-hydrogen) atoms. The van der Waals surface area contributed by atoms with Crippen LogP contribution in [-0.4, -0.2) is 33.5 Å². The molecule has 2 amide bonds. The zero-order chi connectivity index (χ0) is 16.3. The number of halogens is 2. The fourth-order valence-electron chi connectivity index (χ4n) is 1.82. The molecule has 0 bridgehead atoms. The first kappa shape index (κ1) is 16.0. The molecule has 0 fully saturated rings. The number of aromatic nitrogens is 2. The van der Waals surface area contributed by atoms with Crippen LogP contribution in [0.5, 0.6) is 0 Å². The average Bonchev–Trinajstić information content (AvgIpc) is 2.87. The smallest absolute Gasteiger partial charge is 0.315 e. The van der Waals surface area contributed by atoms with Crippen LogP contribution in [0, 0.1) is 5.82 Å². The molecule has 0 atom stereocenters. The van der Waals surface area contributed by atoms with Crippen molar-refractivity contribution >= 4 is 29.2 Å². The number of rotatable bonds is 3. The molecule has 0 saturated heterocycles. The largest absolute Gasteiger partial charge is 0.333 e. The molecular formula is C14H14ClFN4O2. The molecule has 0 aliphatic rings. The molecule has 0 aliphatic carbocycles. The van der Waals surface area contributed by atoms with Crippen LogP contribution >= 0.6 is 11.6 Å². The van der Waals surface area contributed by atoms with Gasteiger partial charge in [0.1, 0.15) is 11.6 Å². The van der Waals surface area contributed by atoms with Crippen molar-refractivity contribution < 1.29 is 14.0 Å². The van der Waals surface area contributed by atoms with Crippen LogP contribution in [0.4, 0.5) is 10.2 Å². The van der Waals surface area contributed by atoms with E-state index in [-0.39, 0.29) is 11.6 Å². The lowest BCUT2D eigenvalue weighted by Gasteiger charge is -2.17. The van der Waals surface area contributed by atoms with Gasteiger partial charge in [0.15, 0.2) is 0 Å². The number of anilines is 1. The van der Waals surface area contributed by atoms with Crippen LogP contribution in [0.1, 0.15) is 5.56 Å². The number of likely N-dealkylation sites (N-methyl/N-ethyl adjacent to an activating group) is 1. The molecule has 8 heteroatoms. The minimum atomic E-state index is -0.791. The van der Waals surface area contributed by atoms with Gasteiger partial charge in [0.2, 0.25) is 0 Å². The van der Waals surface area contributed by atoms with Crippen molar-refractivity contribution in [2.75, 3.05) is 12.4 Å². The van der Waals surface area contributed by atoms with E-state index in [1.165, 1.54) is 35.0 Å². The monoisotopic (exact) mass is 324 g/mol. The Labute approximate surface area is 131 Å². The van der Waals surface area contributed by atoms with Gasteiger partial charge in [-0.3, -0.25) is 14.3 Å². The molecule has 0 radical (unpaired) electrons. The zero-order valence-electron chi connectivity index (χ0n) is 12.0. The highest BCUT2D eigenvalue weighted by molar-refractivity contribution is 6.39. The van der Waals surface area contributed by atoms with E-state index < -0.39 is 17.6 Å². The fourth-order valence-corrected chi connectivity index (χ4v) is 1.94. The summed E-state index contributed by atoms with van der Waals surface area (Å²) in [6.07, 6.45) is 1.50. The first-order valence-corrected chi connectivity index (χ1v) is 6.74. The third kappa shape index (κ3) is 3.62. The molecule has 0 spiro atoms. The summed E-state index contributed by atoms with van der Waals surface area (Å²) in [6.45, 7) is 0.0890. The Hall–Kier alpha value is -2.41. The molecule has 1 aromatic heterocycles. The molecule has 2 rings (SSSR count). The van der Waals surface area contributed by atoms with E-state index >= 15 is 0 Å². The molecule has 0 aliphatic heterocycles. The van der Waals surface area contributed by atoms with Gasteiger partial charge in [0.25, 0.3) is 0 Å². The minimum Gasteiger partial charge on any atom is -0.333 e. The first-order chi connectivity index (χ1) is 10.4. The van der Waals surface area contributed by atoms with Crippen LogP contribution in [0.15, 0.2) is 30.5 Å². The number of aryl methyl sites for hydroxylation is 1. The van der Waals surface area contributed by atoms with Crippen molar-refractivity contribution in [3.05, 3.63) is 46.9 Å². The highest BCUT2D eigenvalue weighted by Gasteiger charge is 2.20. The van der Waals surface area contributed by atoms with Crippen molar-refractivity contribution in [2.45, 2.75) is 6.54 Å². The summed E-state index contributed by atoms with van der Waals surface area (Å²) in [5.74, 6) is -1.69. The Morgan fingerprint density at radius 3 is 2.73 bits per heavy atom. The number of carbonyl (C=O) groups excluding carboxylic acids is 2. The average molecular weight is 325 g/mol. The number of nitrogens with one attached hydrogen (secondary N) is 1. The van der Waals surface area contributed by atoms with Crippen molar-refractivity contribution in [2.24, 2.45) is 7.05 Å². The summed E-state index contributed by atoms with van der Waals surface area (Å²) in [6, 6.07) is 5.79. The molecule has 1 aromatic carbocycles. The van der Waals surface area contributed by atoms with Crippen molar-refractivity contribution in [3.8, 4) is 0 Å². The molecule has 116 valence electrons. The van der Waals surface area contributed by atoms with E-state index in [0.717, 1.165) is 0 Å². The fraction of sp³-hybridized carbons (Fsp3) is 0.214. The summed E-state index contributed by atoms with van der Waals surface area (Å²) in [5.41, 5.74) is 0.533. The minimum absolute atomic E-state index is 0.00619. The maximum absolute atomic E-state index is 13.4. The van der Waals surface area contributed by atoms with Gasteiger partial charge in [-0.15, -0.1) is 0 Å². The lowest BCUT2D eigenvalue weighted by Crippen LogP contribution is -2.37. The van der Waals surface area contributed by atoms with Gasteiger partial charge < -0.3 is 10.2 Å². The summed E-state index contributed by atoms with van der Waals surface area (Å²) in [4.78, 5) is 25.1. The summed E-state index contributed by atoms with van der Waals surface area (Å²) >= 11 is 5.60. The van der Waals surface area contributed by atoms with E-state index in [4.69, 9.17) is 11.6 Å². The highest BCUT2D eigenvalue weighted by Crippen LogP contribution is 2.16. The van der Waals surface area contributed by atoms with E-state index in [0.29, 0.717) is 11.4 Å². The molecule has 0 saturated carbocycles. The van der Waals surface area contributed by atoms with Gasteiger partial charge in [-0.25, -0.2) is 4.39 Å². The topological polar surface area (TPSA) is 67.2 Å². The van der Waals surface area contributed by atoms with Crippen molar-refractivity contribution in [1.82, 2.24) is 14.7 Å². The van der Waals surface area contributed by atoms with Crippen LogP contribution in [0.3, 0.4) is 0 Å². The Balaban J connectivity index is 2.00. The molecule has 1 N–H and O–H groups in total. The van der Waals surface area contributed by atoms with Crippen LogP contribution < -0.4 is 5.32 Å². The van der Waals surface area contributed by atoms with Gasteiger partial charge in [0.05, 0.1) is 11.2 Å². The van der Waals surface area contributed by atoms with E-state index in [9.17, 15) is 14.0 Å². The normalized spacial score (nSPS) is 10.4. The Morgan fingerprint density at radius 1 is 1.41 bits per heavy atom. The van der Waals surface area contributed by atoms with E-state index in [1.807, 2.05) is 0 Å². The second kappa shape index (κ2) is 6.57. The van der Waals surface area contributed by atoms with Crippen molar-refractivity contribution in [3.63, 3.8) is 0 Å². The third-order valence-corrected chi connectivity index (χ3v) is 3.31. The standard InChI is InChI=1S/C14H14ClFN4O2/c1-19(8-9-3-4-10(15)11(16)7-9)14(22)13(21)18-12-5-6-17-20(12)2/h3-7H,8H2,1-2H3,(H,18,21). The summed E-state index contributed by atoms with van der Waals surface area (Å²) < 4.78 is 14.8. The molecule has 6 nitrogen and oxygen atoms in total. The van der Waals surface area contributed by atoms with E-state index in [1.54, 1.807) is 19.2 Å². The predicted octanol–water partition coefficient (Wildman–Crippen LogP) is 1.81. The summed E-state index contributed by atoms with van der Waals surface area (Å²) in [7, 11) is 3.10. The van der Waals surface area contributed by atoms with Gasteiger partial charge in [0, 0.05) is 26.7 Å². The third-order valence-electron chi connectivity index (χ3n) is 3.01. The molecule has 0 unspecified atom stereocenters. The van der Waals surface area contributed by atoms with Crippen LogP contribution in [-0.2, 0) is 23.2 Å². The Kier molecular flexibility index (Phi) is 4.77. The Bertz CT molecular complexity index is 717. The van der Waals surface area contributed by atoms with Gasteiger partial charge >= 0.3 is 11.8 Å². The number of nitrogens with zero attached hydrogens (tertiary/aromatic N) is 3. The Morgan fingerprint density at radius 2 is 2.14 bits per heavy atom. The molecule has 2 aromatic rings. The van der Waals surface area contributed by atoms with Crippen LogP contribution in [0.25, 0.3) is 0 Å². The van der Waals surface area contributed by atoms with Crippen molar-refractivity contribution in [1.29, 1.82) is 0 Å². The number of carbonyl (C=O) groups is 2. The van der Waals surface area contributed by atoms with Gasteiger partial charge in [-0.2, -0.15) is 5.10 Å². The number of hydrogen-bond donors (Lipinski definition) is 1. The lowest BCUT2D eigenvalue weighted by atomic mass is 10.2. The van der Waals surface area contributed by atoms with Gasteiger partial charge in [-0.05, 0) is 17.7 Å². The molecule has 1 heterocycles. The first-order valence-electron chi connectivity index (χ1n) is 6.37. The number of benzene rings is 1. The van der Waals surface area contributed by atoms with Crippen LogP contribution in [0.2, 0.25) is 5.02 Å². The lowest BCUT2D eigenvalue weighted by molar-refractivity contribution is -0.142. The van der Waals surface area contributed by atoms with Gasteiger partial charge in [-0.1, -0.05) is 17.7 Å². The number of amides is 2. The second-order valence-electron chi connectivity index (χ2n) is 4.70. The second-order valence-corrected chi connectivity index (χ2v) is 5.11. The van der Waals surface area contributed by atoms with E-state index in [2.05, 4.69) is 10.4 Å². The zero-order valence-corrected chi connectivity index (χ0v) is 12.8. The maximum atomic E-state index is 13.4. The number of hydrogen-bond acceptors (Lipinski definition) is 3. The quantitative estimate of drug-likeness (QED) is 0.876.